The lowest BCUT2D eigenvalue weighted by Gasteiger charge is -2.42. The van der Waals surface area contributed by atoms with Crippen molar-refractivity contribution in [3.63, 3.8) is 0 Å². The van der Waals surface area contributed by atoms with E-state index in [2.05, 4.69) is 22.6 Å². The molecule has 2 unspecified atom stereocenters. The Balaban J connectivity index is 1.60. The summed E-state index contributed by atoms with van der Waals surface area (Å²) in [6, 6.07) is -0.935. The predicted octanol–water partition coefficient (Wildman–Crippen LogP) is 0.128. The molecule has 6 atom stereocenters. The van der Waals surface area contributed by atoms with Crippen molar-refractivity contribution in [1.29, 1.82) is 0 Å². The van der Waals surface area contributed by atoms with E-state index in [1.165, 1.54) is 51.4 Å². The van der Waals surface area contributed by atoms with Gasteiger partial charge in [-0.15, -0.1) is 5.10 Å². The molecule has 0 spiro atoms. The minimum Gasteiger partial charge on any atom is -0.389 e. The zero-order chi connectivity index (χ0) is 21.9. The third-order valence-corrected chi connectivity index (χ3v) is 5.97. The van der Waals surface area contributed by atoms with E-state index in [-0.39, 0.29) is 0 Å². The molecule has 174 valence electrons. The van der Waals surface area contributed by atoms with E-state index in [1.807, 2.05) is 10.9 Å². The summed E-state index contributed by atoms with van der Waals surface area (Å²) in [7, 11) is 0. The molecule has 0 radical (unpaired) electrons. The van der Waals surface area contributed by atoms with E-state index in [9.17, 15) is 25.5 Å². The number of aliphatic hydroxyl groups is 5. The summed E-state index contributed by atoms with van der Waals surface area (Å²) >= 11 is 0. The zero-order valence-corrected chi connectivity index (χ0v) is 18.1. The van der Waals surface area contributed by atoms with Crippen LogP contribution in [0.5, 0.6) is 0 Å². The number of nitrogens with one attached hydrogen (secondary N) is 1. The average Bonchev–Trinajstić information content (AvgIpc) is 3.19. The van der Waals surface area contributed by atoms with Gasteiger partial charge < -0.3 is 30.8 Å². The van der Waals surface area contributed by atoms with E-state index in [0.717, 1.165) is 18.7 Å². The van der Waals surface area contributed by atoms with E-state index >= 15 is 0 Å². The highest BCUT2D eigenvalue weighted by molar-refractivity contribution is 5.02. The highest BCUT2D eigenvalue weighted by atomic mass is 16.4. The molecule has 0 aromatic carbocycles. The van der Waals surface area contributed by atoms with Gasteiger partial charge in [-0.1, -0.05) is 63.5 Å². The van der Waals surface area contributed by atoms with Gasteiger partial charge in [0.05, 0.1) is 11.7 Å². The third-order valence-electron chi connectivity index (χ3n) is 5.97. The third kappa shape index (κ3) is 7.55. The monoisotopic (exact) mass is 428 g/mol. The van der Waals surface area contributed by atoms with Crippen molar-refractivity contribution >= 4 is 0 Å². The van der Waals surface area contributed by atoms with E-state index in [0.29, 0.717) is 13.0 Å². The lowest BCUT2D eigenvalue weighted by Crippen LogP contribution is -2.67. The molecule has 0 amide bonds. The van der Waals surface area contributed by atoms with Crippen LogP contribution in [-0.4, -0.2) is 83.6 Å². The molecule has 1 aromatic heterocycles. The smallest absolute Gasteiger partial charge is 0.111 e. The van der Waals surface area contributed by atoms with Crippen LogP contribution in [0, 0.1) is 0 Å². The van der Waals surface area contributed by atoms with E-state index in [4.69, 9.17) is 0 Å². The van der Waals surface area contributed by atoms with Crippen molar-refractivity contribution < 1.29 is 25.5 Å². The van der Waals surface area contributed by atoms with Crippen LogP contribution in [0.15, 0.2) is 6.20 Å². The Morgan fingerprint density at radius 3 is 1.93 bits per heavy atom. The maximum Gasteiger partial charge on any atom is 0.111 e. The van der Waals surface area contributed by atoms with Crippen LogP contribution >= 0.6 is 0 Å². The lowest BCUT2D eigenvalue weighted by atomic mass is 9.83. The van der Waals surface area contributed by atoms with Gasteiger partial charge in [-0.25, -0.2) is 0 Å². The molecule has 1 aliphatic rings. The van der Waals surface area contributed by atoms with Crippen molar-refractivity contribution in [3.8, 4) is 0 Å². The standard InChI is InChI=1S/C21H40N4O5/c1-2-3-4-5-6-7-8-9-10-13-25-14-15(23-24-25)11-12-22-16-17(26)19(28)21(30)20(29)18(16)27/h14,16-22,26-30H,2-13H2,1H3/t16?,17-,18+,19+,20-,21?. The van der Waals surface area contributed by atoms with Gasteiger partial charge in [-0.2, -0.15) is 0 Å². The number of nitrogens with zero attached hydrogens (tertiary/aromatic N) is 3. The van der Waals surface area contributed by atoms with Gasteiger partial charge in [0.2, 0.25) is 0 Å². The topological polar surface area (TPSA) is 144 Å². The minimum absolute atomic E-state index is 0.380. The van der Waals surface area contributed by atoms with Crippen LogP contribution in [-0.2, 0) is 13.0 Å². The SMILES string of the molecule is CCCCCCCCCCCn1cc(CCNC2[C@@H](O)[C@H](O)C(O)[C@H](O)[C@H]2O)nn1. The number of aromatic nitrogens is 3. The van der Waals surface area contributed by atoms with Crippen molar-refractivity contribution in [2.75, 3.05) is 6.54 Å². The maximum atomic E-state index is 10.0. The molecule has 6 N–H and O–H groups in total. The fourth-order valence-electron chi connectivity index (χ4n) is 3.99. The Morgan fingerprint density at radius 2 is 1.33 bits per heavy atom. The van der Waals surface area contributed by atoms with Crippen molar-refractivity contribution in [1.82, 2.24) is 20.3 Å². The first-order valence-corrected chi connectivity index (χ1v) is 11.5. The number of hydrogen-bond acceptors (Lipinski definition) is 8. The summed E-state index contributed by atoms with van der Waals surface area (Å²) in [5.74, 6) is 0. The van der Waals surface area contributed by atoms with Crippen LogP contribution in [0.25, 0.3) is 0 Å². The molecular weight excluding hydrogens is 388 g/mol. The number of unbranched alkanes of at least 4 members (excludes halogenated alkanes) is 8. The van der Waals surface area contributed by atoms with Crippen LogP contribution in [0.2, 0.25) is 0 Å². The van der Waals surface area contributed by atoms with Gasteiger partial charge in [0.1, 0.15) is 30.5 Å². The number of rotatable bonds is 14. The van der Waals surface area contributed by atoms with Crippen LogP contribution < -0.4 is 5.32 Å². The Kier molecular flexibility index (Phi) is 11.2. The van der Waals surface area contributed by atoms with Gasteiger partial charge >= 0.3 is 0 Å². The van der Waals surface area contributed by atoms with Crippen LogP contribution in [0.4, 0.5) is 0 Å². The molecule has 9 nitrogen and oxygen atoms in total. The molecule has 0 saturated heterocycles. The fourth-order valence-corrected chi connectivity index (χ4v) is 3.99. The summed E-state index contributed by atoms with van der Waals surface area (Å²) in [5.41, 5.74) is 0.791. The first kappa shape index (κ1) is 25.2. The van der Waals surface area contributed by atoms with E-state index in [1.54, 1.807) is 0 Å². The van der Waals surface area contributed by atoms with Gasteiger partial charge in [-0.05, 0) is 6.42 Å². The summed E-state index contributed by atoms with van der Waals surface area (Å²) in [6.45, 7) is 3.46. The molecule has 2 rings (SSSR count). The Morgan fingerprint density at radius 1 is 0.800 bits per heavy atom. The van der Waals surface area contributed by atoms with Crippen LogP contribution in [0.3, 0.4) is 0 Å². The highest BCUT2D eigenvalue weighted by Gasteiger charge is 2.47. The average molecular weight is 429 g/mol. The largest absolute Gasteiger partial charge is 0.389 e. The Labute approximate surface area is 179 Å². The molecule has 1 aliphatic carbocycles. The fraction of sp³-hybridized carbons (Fsp3) is 0.905. The molecule has 1 heterocycles. The van der Waals surface area contributed by atoms with Crippen LogP contribution in [0.1, 0.15) is 70.4 Å². The summed E-state index contributed by atoms with van der Waals surface area (Å²) < 4.78 is 1.84. The minimum atomic E-state index is -1.57. The van der Waals surface area contributed by atoms with Gasteiger partial charge in [0.25, 0.3) is 0 Å². The number of aryl methyl sites for hydroxylation is 1. The zero-order valence-electron chi connectivity index (χ0n) is 18.1. The second-order valence-corrected chi connectivity index (χ2v) is 8.48. The maximum absolute atomic E-state index is 10.0. The first-order valence-electron chi connectivity index (χ1n) is 11.5. The molecule has 1 aromatic rings. The molecule has 0 aliphatic heterocycles. The quantitative estimate of drug-likeness (QED) is 0.229. The van der Waals surface area contributed by atoms with Crippen molar-refractivity contribution in [2.24, 2.45) is 0 Å². The summed E-state index contributed by atoms with van der Waals surface area (Å²) in [6.07, 6.45) is 6.58. The summed E-state index contributed by atoms with van der Waals surface area (Å²) in [4.78, 5) is 0. The molecule has 0 bridgehead atoms. The Bertz CT molecular complexity index is 571. The molecule has 9 heteroatoms. The highest BCUT2D eigenvalue weighted by Crippen LogP contribution is 2.21. The van der Waals surface area contributed by atoms with Gasteiger partial charge in [0.15, 0.2) is 0 Å². The normalized spacial score (nSPS) is 29.4. The Hall–Kier alpha value is -1.10. The molecule has 1 fully saturated rings. The lowest BCUT2D eigenvalue weighted by molar-refractivity contribution is -0.190. The first-order chi connectivity index (χ1) is 14.5. The second-order valence-electron chi connectivity index (χ2n) is 8.48. The second kappa shape index (κ2) is 13.3. The van der Waals surface area contributed by atoms with Crippen molar-refractivity contribution in [3.05, 3.63) is 11.9 Å². The molecular formula is C21H40N4O5. The predicted molar refractivity (Wildman–Crippen MR) is 113 cm³/mol. The molecule has 30 heavy (non-hydrogen) atoms. The summed E-state index contributed by atoms with van der Waals surface area (Å²) in [5, 5.41) is 60.4. The van der Waals surface area contributed by atoms with Gasteiger partial charge in [0, 0.05) is 25.7 Å². The van der Waals surface area contributed by atoms with E-state index < -0.39 is 36.6 Å². The number of hydrogen-bond donors (Lipinski definition) is 6. The molecule has 1 saturated carbocycles. The van der Waals surface area contributed by atoms with Gasteiger partial charge in [-0.3, -0.25) is 4.68 Å². The van der Waals surface area contributed by atoms with Crippen molar-refractivity contribution in [2.45, 2.75) is 114 Å². The number of aliphatic hydroxyl groups excluding tert-OH is 5.